The molecule has 2 atom stereocenters. The van der Waals surface area contributed by atoms with Crippen molar-refractivity contribution >= 4 is 27.3 Å². The predicted molar refractivity (Wildman–Crippen MR) is 130 cm³/mol. The molecule has 10 nitrogen and oxygen atoms in total. The number of carbonyl (C=O) groups excluding carboxylic acids is 1. The molecule has 0 N–H and O–H groups in total. The molecule has 0 spiro atoms. The normalized spacial score (nSPS) is 18.1. The maximum atomic E-state index is 14.0. The number of carbonyl (C=O) groups is 1. The molecule has 2 aromatic carbocycles. The molecule has 2 aromatic rings. The molecule has 0 saturated heterocycles. The van der Waals surface area contributed by atoms with Crippen LogP contribution < -0.4 is 0 Å². The van der Waals surface area contributed by atoms with Gasteiger partial charge in [0.1, 0.15) is 17.7 Å². The third-order valence-corrected chi connectivity index (χ3v) is 7.67. The second-order valence-corrected chi connectivity index (χ2v) is 10.2. The van der Waals surface area contributed by atoms with Gasteiger partial charge in [-0.1, -0.05) is 30.3 Å². The number of esters is 1. The van der Waals surface area contributed by atoms with Crippen LogP contribution in [0, 0.1) is 10.1 Å². The zero-order chi connectivity index (χ0) is 25.8. The largest absolute Gasteiger partial charge is 0.460 e. The van der Waals surface area contributed by atoms with E-state index >= 15 is 0 Å². The van der Waals surface area contributed by atoms with Gasteiger partial charge in [0.15, 0.2) is 9.84 Å². The van der Waals surface area contributed by atoms with Gasteiger partial charge >= 0.3 is 5.97 Å². The molecule has 3 rings (SSSR count). The lowest BCUT2D eigenvalue weighted by Gasteiger charge is -2.36. The molecular weight excluding hydrogens is 474 g/mol. The first-order valence-corrected chi connectivity index (χ1v) is 12.3. The minimum Gasteiger partial charge on any atom is -0.460 e. The van der Waals surface area contributed by atoms with Crippen LogP contribution in [-0.2, 0) is 24.1 Å². The number of hydrogen-bond acceptors (Lipinski definition) is 9. The molecule has 35 heavy (non-hydrogen) atoms. The number of benzene rings is 2. The SMILES string of the molecule is COCCOC(=O)C1=C(C)N=C(N(C)C)C(S(=O)(=O)c2ccccc2)C1c1cccc([N+](=O)[O-])c1. The van der Waals surface area contributed by atoms with E-state index in [0.29, 0.717) is 0 Å². The van der Waals surface area contributed by atoms with Crippen molar-refractivity contribution in [1.82, 2.24) is 4.90 Å². The number of amidine groups is 1. The molecule has 2 unspecified atom stereocenters. The summed E-state index contributed by atoms with van der Waals surface area (Å²) in [7, 11) is 0.666. The van der Waals surface area contributed by atoms with Crippen LogP contribution in [0.2, 0.25) is 0 Å². The summed E-state index contributed by atoms with van der Waals surface area (Å²) in [6.45, 7) is 1.69. The maximum Gasteiger partial charge on any atom is 0.336 e. The number of non-ortho nitro benzene ring substituents is 1. The summed E-state index contributed by atoms with van der Waals surface area (Å²) in [4.78, 5) is 30.3. The van der Waals surface area contributed by atoms with Gasteiger partial charge in [-0.15, -0.1) is 0 Å². The highest BCUT2D eigenvalue weighted by atomic mass is 32.2. The Kier molecular flexibility index (Phi) is 8.03. The van der Waals surface area contributed by atoms with E-state index in [0.717, 1.165) is 0 Å². The number of nitrogens with zero attached hydrogens (tertiary/aromatic N) is 3. The Labute approximate surface area is 203 Å². The lowest BCUT2D eigenvalue weighted by atomic mass is 9.84. The molecule has 0 saturated carbocycles. The topological polar surface area (TPSA) is 128 Å². The molecule has 0 radical (unpaired) electrons. The van der Waals surface area contributed by atoms with Crippen LogP contribution in [0.25, 0.3) is 0 Å². The van der Waals surface area contributed by atoms with Crippen LogP contribution in [0.15, 0.2) is 75.8 Å². The Balaban J connectivity index is 2.30. The van der Waals surface area contributed by atoms with Crippen LogP contribution in [0.5, 0.6) is 0 Å². The smallest absolute Gasteiger partial charge is 0.336 e. The first-order valence-electron chi connectivity index (χ1n) is 10.8. The first kappa shape index (κ1) is 26.0. The first-order chi connectivity index (χ1) is 16.6. The number of rotatable bonds is 8. The molecule has 0 aromatic heterocycles. The van der Waals surface area contributed by atoms with Crippen molar-refractivity contribution in [2.45, 2.75) is 23.0 Å². The van der Waals surface area contributed by atoms with E-state index in [1.807, 2.05) is 0 Å². The number of aliphatic imine (C=N–C) groups is 1. The highest BCUT2D eigenvalue weighted by Crippen LogP contribution is 2.42. The zero-order valence-corrected chi connectivity index (χ0v) is 20.7. The Bertz CT molecular complexity index is 1270. The van der Waals surface area contributed by atoms with E-state index in [4.69, 9.17) is 9.47 Å². The Morgan fingerprint density at radius 3 is 2.40 bits per heavy atom. The van der Waals surface area contributed by atoms with Crippen molar-refractivity contribution in [3.8, 4) is 0 Å². The average Bonchev–Trinajstić information content (AvgIpc) is 2.83. The molecule has 186 valence electrons. The third-order valence-electron chi connectivity index (χ3n) is 5.59. The van der Waals surface area contributed by atoms with Crippen LogP contribution in [-0.4, -0.2) is 69.7 Å². The molecule has 0 fully saturated rings. The van der Waals surface area contributed by atoms with Crippen molar-refractivity contribution in [2.75, 3.05) is 34.4 Å². The molecular formula is C24H27N3O7S. The summed E-state index contributed by atoms with van der Waals surface area (Å²) in [6, 6.07) is 13.5. The quantitative estimate of drug-likeness (QED) is 0.234. The number of hydrogen-bond donors (Lipinski definition) is 0. The van der Waals surface area contributed by atoms with E-state index in [9.17, 15) is 23.3 Å². The second kappa shape index (κ2) is 10.8. The van der Waals surface area contributed by atoms with E-state index < -0.39 is 31.9 Å². The Morgan fingerprint density at radius 1 is 1.11 bits per heavy atom. The molecule has 1 heterocycles. The van der Waals surface area contributed by atoms with Gasteiger partial charge in [-0.25, -0.2) is 18.2 Å². The minimum atomic E-state index is -4.11. The molecule has 0 aliphatic carbocycles. The summed E-state index contributed by atoms with van der Waals surface area (Å²) in [5.74, 6) is -1.66. The van der Waals surface area contributed by atoms with Gasteiger partial charge in [-0.05, 0) is 24.6 Å². The van der Waals surface area contributed by atoms with Crippen LogP contribution in [0.4, 0.5) is 5.69 Å². The van der Waals surface area contributed by atoms with E-state index in [1.54, 1.807) is 50.2 Å². The van der Waals surface area contributed by atoms with Gasteiger partial charge in [0.25, 0.3) is 5.69 Å². The Morgan fingerprint density at radius 2 is 1.80 bits per heavy atom. The van der Waals surface area contributed by atoms with Crippen LogP contribution in [0.3, 0.4) is 0 Å². The van der Waals surface area contributed by atoms with Crippen LogP contribution in [0.1, 0.15) is 18.4 Å². The number of nitro groups is 1. The zero-order valence-electron chi connectivity index (χ0n) is 19.9. The highest BCUT2D eigenvalue weighted by Gasteiger charge is 2.47. The summed E-state index contributed by atoms with van der Waals surface area (Å²) in [6.07, 6.45) is 0. The van der Waals surface area contributed by atoms with Gasteiger partial charge in [-0.2, -0.15) is 0 Å². The average molecular weight is 502 g/mol. The van der Waals surface area contributed by atoms with Gasteiger partial charge < -0.3 is 14.4 Å². The maximum absolute atomic E-state index is 14.0. The molecule has 0 amide bonds. The van der Waals surface area contributed by atoms with E-state index in [-0.39, 0.29) is 46.5 Å². The fourth-order valence-corrected chi connectivity index (χ4v) is 6.02. The van der Waals surface area contributed by atoms with E-state index in [2.05, 4.69) is 4.99 Å². The standard InChI is InChI=1S/C24H27N3O7S/c1-16-20(24(28)34-14-13-33-4)21(17-9-8-10-18(15-17)27(29)30)22(23(25-16)26(2)3)35(31,32)19-11-6-5-7-12-19/h5-12,15,21-22H,13-14H2,1-4H3. The Hall–Kier alpha value is -3.57. The number of allylic oxidation sites excluding steroid dienone is 1. The number of methoxy groups -OCH3 is 1. The lowest BCUT2D eigenvalue weighted by molar-refractivity contribution is -0.384. The van der Waals surface area contributed by atoms with Gasteiger partial charge in [-0.3, -0.25) is 10.1 Å². The summed E-state index contributed by atoms with van der Waals surface area (Å²) >= 11 is 0. The summed E-state index contributed by atoms with van der Waals surface area (Å²) in [5, 5.41) is 10.2. The van der Waals surface area contributed by atoms with E-state index in [1.165, 1.54) is 37.4 Å². The molecule has 11 heteroatoms. The van der Waals surface area contributed by atoms with Gasteiger partial charge in [0.05, 0.1) is 27.7 Å². The minimum absolute atomic E-state index is 0.0247. The fourth-order valence-electron chi connectivity index (χ4n) is 3.99. The monoisotopic (exact) mass is 501 g/mol. The lowest BCUT2D eigenvalue weighted by Crippen LogP contribution is -2.47. The summed E-state index contributed by atoms with van der Waals surface area (Å²) in [5.41, 5.74) is 0.358. The van der Waals surface area contributed by atoms with Crippen molar-refractivity contribution in [3.63, 3.8) is 0 Å². The second-order valence-electron chi connectivity index (χ2n) is 8.10. The van der Waals surface area contributed by atoms with Crippen molar-refractivity contribution in [1.29, 1.82) is 0 Å². The fraction of sp³-hybridized carbons (Fsp3) is 0.333. The molecule has 1 aliphatic heterocycles. The number of sulfone groups is 1. The van der Waals surface area contributed by atoms with Gasteiger partial charge in [0, 0.05) is 39.3 Å². The number of ether oxygens (including phenoxy) is 2. The third kappa shape index (κ3) is 5.41. The van der Waals surface area contributed by atoms with Crippen LogP contribution >= 0.6 is 0 Å². The van der Waals surface area contributed by atoms with Crippen molar-refractivity contribution in [2.24, 2.45) is 4.99 Å². The summed E-state index contributed by atoms with van der Waals surface area (Å²) < 4.78 is 38.3. The molecule has 1 aliphatic rings. The van der Waals surface area contributed by atoms with Crippen molar-refractivity contribution < 1.29 is 27.6 Å². The highest BCUT2D eigenvalue weighted by molar-refractivity contribution is 7.93. The molecule has 0 bridgehead atoms. The number of nitro benzene ring substituents is 1. The van der Waals surface area contributed by atoms with Gasteiger partial charge in [0.2, 0.25) is 0 Å². The van der Waals surface area contributed by atoms with Crippen molar-refractivity contribution in [3.05, 3.63) is 81.5 Å². The predicted octanol–water partition coefficient (Wildman–Crippen LogP) is 2.96.